The number of hydrogen-bond donors (Lipinski definition) is 1. The number of anilines is 1. The van der Waals surface area contributed by atoms with Crippen molar-refractivity contribution >= 4 is 11.7 Å². The fourth-order valence-corrected chi connectivity index (χ4v) is 3.09. The topological polar surface area (TPSA) is 35.6 Å². The van der Waals surface area contributed by atoms with Gasteiger partial charge in [0, 0.05) is 19.1 Å². The molecule has 3 rings (SSSR count). The zero-order valence-corrected chi connectivity index (χ0v) is 11.5. The Hall–Kier alpha value is -1.62. The van der Waals surface area contributed by atoms with Crippen LogP contribution in [0.4, 0.5) is 14.9 Å². The van der Waals surface area contributed by atoms with Gasteiger partial charge in [0.15, 0.2) is 0 Å². The second-order valence-electron chi connectivity index (χ2n) is 5.54. The van der Waals surface area contributed by atoms with Crippen LogP contribution in [0.2, 0.25) is 0 Å². The Kier molecular flexibility index (Phi) is 3.87. The molecule has 1 atom stereocenters. The first kappa shape index (κ1) is 13.4. The van der Waals surface area contributed by atoms with Gasteiger partial charge in [-0.2, -0.15) is 0 Å². The molecule has 1 aromatic rings. The van der Waals surface area contributed by atoms with Crippen LogP contribution >= 0.6 is 0 Å². The van der Waals surface area contributed by atoms with Gasteiger partial charge in [-0.25, -0.2) is 9.18 Å². The zero-order chi connectivity index (χ0) is 13.9. The Morgan fingerprint density at radius 1 is 1.20 bits per heavy atom. The fraction of sp³-hybridized carbons (Fsp3) is 0.533. The van der Waals surface area contributed by atoms with Gasteiger partial charge in [0.25, 0.3) is 0 Å². The van der Waals surface area contributed by atoms with Crippen LogP contribution < -0.4 is 5.32 Å². The average molecular weight is 277 g/mol. The van der Waals surface area contributed by atoms with Gasteiger partial charge in [-0.15, -0.1) is 0 Å². The van der Waals surface area contributed by atoms with Crippen LogP contribution in [0, 0.1) is 5.82 Å². The van der Waals surface area contributed by atoms with Gasteiger partial charge in [-0.1, -0.05) is 12.1 Å². The number of para-hydroxylation sites is 1. The Balaban J connectivity index is 1.57. The molecule has 2 aliphatic heterocycles. The summed E-state index contributed by atoms with van der Waals surface area (Å²) in [5, 5.41) is 2.66. The van der Waals surface area contributed by atoms with Crippen molar-refractivity contribution in [2.75, 3.05) is 31.5 Å². The maximum Gasteiger partial charge on any atom is 0.321 e. The van der Waals surface area contributed by atoms with Crippen LogP contribution in [-0.4, -0.2) is 48.1 Å². The highest BCUT2D eigenvalue weighted by molar-refractivity contribution is 5.89. The summed E-state index contributed by atoms with van der Waals surface area (Å²) in [5.74, 6) is -0.392. The summed E-state index contributed by atoms with van der Waals surface area (Å²) < 4.78 is 13.5. The number of nitrogens with zero attached hydrogens (tertiary/aromatic N) is 2. The number of rotatable bonds is 2. The molecule has 0 unspecified atom stereocenters. The molecule has 108 valence electrons. The predicted octanol–water partition coefficient (Wildman–Crippen LogP) is 2.53. The van der Waals surface area contributed by atoms with E-state index in [9.17, 15) is 9.18 Å². The number of urea groups is 1. The molecule has 0 aliphatic carbocycles. The van der Waals surface area contributed by atoms with Crippen LogP contribution in [0.15, 0.2) is 24.3 Å². The lowest BCUT2D eigenvalue weighted by Gasteiger charge is -2.23. The average Bonchev–Trinajstić information content (AvgIpc) is 3.11. The fourth-order valence-electron chi connectivity index (χ4n) is 3.09. The molecule has 2 heterocycles. The third kappa shape index (κ3) is 2.77. The summed E-state index contributed by atoms with van der Waals surface area (Å²) in [4.78, 5) is 16.4. The summed E-state index contributed by atoms with van der Waals surface area (Å²) in [6.07, 6.45) is 3.54. The molecule has 0 spiro atoms. The summed E-state index contributed by atoms with van der Waals surface area (Å²) in [6, 6.07) is 6.55. The van der Waals surface area contributed by atoms with Crippen molar-refractivity contribution in [3.63, 3.8) is 0 Å². The smallest absolute Gasteiger partial charge is 0.321 e. The van der Waals surface area contributed by atoms with Crippen molar-refractivity contribution in [3.05, 3.63) is 30.1 Å². The molecule has 1 aromatic carbocycles. The third-order valence-electron chi connectivity index (χ3n) is 4.22. The molecule has 2 aliphatic rings. The lowest BCUT2D eigenvalue weighted by atomic mass is 10.2. The van der Waals surface area contributed by atoms with Gasteiger partial charge in [0.2, 0.25) is 0 Å². The minimum atomic E-state index is -0.392. The lowest BCUT2D eigenvalue weighted by Crippen LogP contribution is -2.38. The standard InChI is InChI=1S/C15H20FN3O/c16-13-5-1-2-6-14(13)17-15(20)19-10-7-12(11-19)18-8-3-4-9-18/h1-2,5-6,12H,3-4,7-11H2,(H,17,20)/t12-/m1/s1. The number of carbonyl (C=O) groups excluding carboxylic acids is 1. The van der Waals surface area contributed by atoms with E-state index in [1.54, 1.807) is 23.1 Å². The number of carbonyl (C=O) groups is 1. The number of benzene rings is 1. The number of halogens is 1. The second kappa shape index (κ2) is 5.79. The molecule has 2 fully saturated rings. The summed E-state index contributed by atoms with van der Waals surface area (Å²) in [7, 11) is 0. The summed E-state index contributed by atoms with van der Waals surface area (Å²) in [6.45, 7) is 3.79. The monoisotopic (exact) mass is 277 g/mol. The van der Waals surface area contributed by atoms with Gasteiger partial charge in [0.05, 0.1) is 5.69 Å². The van der Waals surface area contributed by atoms with Crippen LogP contribution in [0.25, 0.3) is 0 Å². The molecule has 1 N–H and O–H groups in total. The van der Waals surface area contributed by atoms with Crippen LogP contribution in [0.5, 0.6) is 0 Å². The minimum Gasteiger partial charge on any atom is -0.323 e. The van der Waals surface area contributed by atoms with Crippen molar-refractivity contribution in [2.24, 2.45) is 0 Å². The number of hydrogen-bond acceptors (Lipinski definition) is 2. The van der Waals surface area contributed by atoms with E-state index in [1.807, 2.05) is 0 Å². The molecule has 0 bridgehead atoms. The van der Waals surface area contributed by atoms with Crippen LogP contribution in [-0.2, 0) is 0 Å². The maximum absolute atomic E-state index is 13.5. The van der Waals surface area contributed by atoms with E-state index < -0.39 is 5.82 Å². The van der Waals surface area contributed by atoms with E-state index in [0.29, 0.717) is 6.04 Å². The highest BCUT2D eigenvalue weighted by atomic mass is 19.1. The normalized spacial score (nSPS) is 23.2. The van der Waals surface area contributed by atoms with E-state index >= 15 is 0 Å². The molecule has 4 nitrogen and oxygen atoms in total. The maximum atomic E-state index is 13.5. The number of likely N-dealkylation sites (tertiary alicyclic amines) is 2. The third-order valence-corrected chi connectivity index (χ3v) is 4.22. The van der Waals surface area contributed by atoms with Gasteiger partial charge in [-0.3, -0.25) is 4.90 Å². The van der Waals surface area contributed by atoms with Gasteiger partial charge >= 0.3 is 6.03 Å². The SMILES string of the molecule is O=C(Nc1ccccc1F)N1CC[C@@H](N2CCCC2)C1. The molecule has 0 aromatic heterocycles. The zero-order valence-electron chi connectivity index (χ0n) is 11.5. The first-order chi connectivity index (χ1) is 9.74. The molecule has 2 amide bonds. The summed E-state index contributed by atoms with van der Waals surface area (Å²) >= 11 is 0. The quantitative estimate of drug-likeness (QED) is 0.901. The minimum absolute atomic E-state index is 0.197. The number of amides is 2. The summed E-state index contributed by atoms with van der Waals surface area (Å²) in [5.41, 5.74) is 0.252. The van der Waals surface area contributed by atoms with Crippen molar-refractivity contribution in [3.8, 4) is 0 Å². The highest BCUT2D eigenvalue weighted by Crippen LogP contribution is 2.21. The molecular weight excluding hydrogens is 257 g/mol. The van der Waals surface area contributed by atoms with Crippen LogP contribution in [0.1, 0.15) is 19.3 Å². The Morgan fingerprint density at radius 2 is 1.95 bits per heavy atom. The Labute approximate surface area is 118 Å². The van der Waals surface area contributed by atoms with Gasteiger partial charge in [-0.05, 0) is 44.5 Å². The molecular formula is C15H20FN3O. The predicted molar refractivity (Wildman–Crippen MR) is 76.2 cm³/mol. The first-order valence-corrected chi connectivity index (χ1v) is 7.28. The molecule has 20 heavy (non-hydrogen) atoms. The van der Waals surface area contributed by atoms with E-state index in [0.717, 1.165) is 32.6 Å². The second-order valence-corrected chi connectivity index (χ2v) is 5.54. The van der Waals surface area contributed by atoms with Gasteiger partial charge in [0.1, 0.15) is 5.82 Å². The van der Waals surface area contributed by atoms with Crippen LogP contribution in [0.3, 0.4) is 0 Å². The molecule has 5 heteroatoms. The molecule has 0 radical (unpaired) electrons. The Morgan fingerprint density at radius 3 is 2.70 bits per heavy atom. The van der Waals surface area contributed by atoms with Crippen molar-refractivity contribution in [1.29, 1.82) is 0 Å². The van der Waals surface area contributed by atoms with Crippen molar-refractivity contribution < 1.29 is 9.18 Å². The molecule has 2 saturated heterocycles. The van der Waals surface area contributed by atoms with Gasteiger partial charge < -0.3 is 10.2 Å². The molecule has 0 saturated carbocycles. The van der Waals surface area contributed by atoms with E-state index in [-0.39, 0.29) is 11.7 Å². The van der Waals surface area contributed by atoms with E-state index in [4.69, 9.17) is 0 Å². The van der Waals surface area contributed by atoms with E-state index in [1.165, 1.54) is 18.9 Å². The highest BCUT2D eigenvalue weighted by Gasteiger charge is 2.31. The van der Waals surface area contributed by atoms with Crippen molar-refractivity contribution in [1.82, 2.24) is 9.80 Å². The Bertz CT molecular complexity index is 488. The van der Waals surface area contributed by atoms with E-state index in [2.05, 4.69) is 10.2 Å². The largest absolute Gasteiger partial charge is 0.323 e. The lowest BCUT2D eigenvalue weighted by molar-refractivity contribution is 0.210. The first-order valence-electron chi connectivity index (χ1n) is 7.28. The number of nitrogens with one attached hydrogen (secondary N) is 1. The van der Waals surface area contributed by atoms with Crippen molar-refractivity contribution in [2.45, 2.75) is 25.3 Å².